The van der Waals surface area contributed by atoms with Gasteiger partial charge in [0.25, 0.3) is 5.91 Å². The van der Waals surface area contributed by atoms with Gasteiger partial charge in [-0.15, -0.1) is 0 Å². The molecule has 0 atom stereocenters. The fraction of sp³-hybridized carbons (Fsp3) is 0.421. The molecule has 142 valence electrons. The number of carbonyl (C=O) groups is 1. The lowest BCUT2D eigenvalue weighted by molar-refractivity contribution is -0.0670. The number of aryl methyl sites for hydroxylation is 1. The van der Waals surface area contributed by atoms with Crippen molar-refractivity contribution < 1.29 is 19.3 Å². The first-order chi connectivity index (χ1) is 13.1. The average Bonchev–Trinajstić information content (AvgIpc) is 3.28. The van der Waals surface area contributed by atoms with Gasteiger partial charge in [-0.05, 0) is 35.7 Å². The number of aliphatic hydroxyl groups is 1. The van der Waals surface area contributed by atoms with Crippen LogP contribution in [0.2, 0.25) is 0 Å². The van der Waals surface area contributed by atoms with Crippen molar-refractivity contribution in [2.45, 2.75) is 31.8 Å². The van der Waals surface area contributed by atoms with Gasteiger partial charge in [-0.25, -0.2) is 4.63 Å². The first-order valence-electron chi connectivity index (χ1n) is 9.05. The Labute approximate surface area is 155 Å². The van der Waals surface area contributed by atoms with Gasteiger partial charge in [0.2, 0.25) is 0 Å². The molecule has 1 fully saturated rings. The summed E-state index contributed by atoms with van der Waals surface area (Å²) in [5.41, 5.74) is 2.72. The van der Waals surface area contributed by atoms with E-state index in [2.05, 4.69) is 25.2 Å². The number of hydrogen-bond acceptors (Lipinski definition) is 6. The van der Waals surface area contributed by atoms with Crippen LogP contribution < -0.4 is 5.32 Å². The molecule has 1 aliphatic heterocycles. The van der Waals surface area contributed by atoms with Crippen LogP contribution in [0.15, 0.2) is 29.0 Å². The van der Waals surface area contributed by atoms with Crippen LogP contribution in [0.5, 0.6) is 0 Å². The lowest BCUT2D eigenvalue weighted by Gasteiger charge is -2.33. The summed E-state index contributed by atoms with van der Waals surface area (Å²) in [5.74, 6) is -0.308. The molecule has 2 aromatic heterocycles. The molecule has 3 aromatic rings. The van der Waals surface area contributed by atoms with Crippen LogP contribution in [0.1, 0.15) is 40.2 Å². The Morgan fingerprint density at radius 3 is 2.89 bits per heavy atom. The fourth-order valence-electron chi connectivity index (χ4n) is 3.65. The van der Waals surface area contributed by atoms with Crippen molar-refractivity contribution in [1.82, 2.24) is 20.6 Å². The molecule has 4 rings (SSSR count). The van der Waals surface area contributed by atoms with Gasteiger partial charge in [0, 0.05) is 49.7 Å². The SMILES string of the molecule is Cc1nonc1C(=O)NCCc1c[nH]c2cccc(C3(O)CCOCC3)c12. The van der Waals surface area contributed by atoms with Gasteiger partial charge < -0.3 is 20.1 Å². The van der Waals surface area contributed by atoms with E-state index in [1.165, 1.54) is 0 Å². The topological polar surface area (TPSA) is 113 Å². The highest BCUT2D eigenvalue weighted by Crippen LogP contribution is 2.37. The molecule has 27 heavy (non-hydrogen) atoms. The highest BCUT2D eigenvalue weighted by Gasteiger charge is 2.34. The van der Waals surface area contributed by atoms with Crippen LogP contribution in [0.3, 0.4) is 0 Å². The Morgan fingerprint density at radius 1 is 1.33 bits per heavy atom. The number of benzene rings is 1. The van der Waals surface area contributed by atoms with Crippen LogP contribution >= 0.6 is 0 Å². The van der Waals surface area contributed by atoms with E-state index in [1.807, 2.05) is 24.4 Å². The summed E-state index contributed by atoms with van der Waals surface area (Å²) >= 11 is 0. The third-order valence-electron chi connectivity index (χ3n) is 5.16. The number of nitrogens with zero attached hydrogens (tertiary/aromatic N) is 2. The maximum atomic E-state index is 12.1. The molecule has 8 heteroatoms. The summed E-state index contributed by atoms with van der Waals surface area (Å²) in [7, 11) is 0. The molecule has 1 saturated heterocycles. The zero-order valence-electron chi connectivity index (χ0n) is 15.1. The van der Waals surface area contributed by atoms with E-state index < -0.39 is 5.60 Å². The van der Waals surface area contributed by atoms with Crippen molar-refractivity contribution in [3.05, 3.63) is 46.9 Å². The highest BCUT2D eigenvalue weighted by atomic mass is 16.6. The van der Waals surface area contributed by atoms with Crippen molar-refractivity contribution in [3.8, 4) is 0 Å². The number of carbonyl (C=O) groups excluding carboxylic acids is 1. The molecule has 1 aliphatic rings. The van der Waals surface area contributed by atoms with Crippen molar-refractivity contribution in [1.29, 1.82) is 0 Å². The van der Waals surface area contributed by atoms with E-state index >= 15 is 0 Å². The van der Waals surface area contributed by atoms with E-state index in [4.69, 9.17) is 4.74 Å². The molecular weight excluding hydrogens is 348 g/mol. The molecule has 8 nitrogen and oxygen atoms in total. The third kappa shape index (κ3) is 3.33. The number of rotatable bonds is 5. The average molecular weight is 370 g/mol. The van der Waals surface area contributed by atoms with E-state index in [-0.39, 0.29) is 11.6 Å². The number of nitrogens with one attached hydrogen (secondary N) is 2. The molecule has 0 saturated carbocycles. The Morgan fingerprint density at radius 2 is 2.15 bits per heavy atom. The molecule has 1 aromatic carbocycles. The Kier molecular flexibility index (Phi) is 4.67. The second-order valence-electron chi connectivity index (χ2n) is 6.89. The van der Waals surface area contributed by atoms with Crippen molar-refractivity contribution in [2.75, 3.05) is 19.8 Å². The number of amides is 1. The summed E-state index contributed by atoms with van der Waals surface area (Å²) in [6.07, 6.45) is 3.71. The van der Waals surface area contributed by atoms with Gasteiger partial charge >= 0.3 is 0 Å². The monoisotopic (exact) mass is 370 g/mol. The first-order valence-corrected chi connectivity index (χ1v) is 9.05. The molecule has 0 spiro atoms. The summed E-state index contributed by atoms with van der Waals surface area (Å²) in [4.78, 5) is 15.4. The largest absolute Gasteiger partial charge is 0.385 e. The Balaban J connectivity index is 1.54. The minimum absolute atomic E-state index is 0.200. The lowest BCUT2D eigenvalue weighted by Crippen LogP contribution is -2.33. The normalized spacial score (nSPS) is 16.5. The van der Waals surface area contributed by atoms with Gasteiger partial charge in [-0.3, -0.25) is 4.79 Å². The van der Waals surface area contributed by atoms with Crippen molar-refractivity contribution in [3.63, 3.8) is 0 Å². The fourth-order valence-corrected chi connectivity index (χ4v) is 3.65. The predicted octanol–water partition coefficient (Wildman–Crippen LogP) is 1.83. The summed E-state index contributed by atoms with van der Waals surface area (Å²) in [6.45, 7) is 3.21. The molecular formula is C19H22N4O4. The maximum Gasteiger partial charge on any atom is 0.275 e. The minimum atomic E-state index is -0.887. The maximum absolute atomic E-state index is 12.1. The smallest absolute Gasteiger partial charge is 0.275 e. The van der Waals surface area contributed by atoms with Gasteiger partial charge in [0.05, 0.1) is 5.60 Å². The van der Waals surface area contributed by atoms with Gasteiger partial charge in [-0.1, -0.05) is 17.3 Å². The molecule has 1 amide bonds. The van der Waals surface area contributed by atoms with Crippen LogP contribution in [0.25, 0.3) is 10.9 Å². The number of aromatic nitrogens is 3. The van der Waals surface area contributed by atoms with Crippen molar-refractivity contribution in [2.24, 2.45) is 0 Å². The minimum Gasteiger partial charge on any atom is -0.385 e. The second-order valence-corrected chi connectivity index (χ2v) is 6.89. The Bertz CT molecular complexity index is 956. The van der Waals surface area contributed by atoms with Crippen LogP contribution in [0.4, 0.5) is 0 Å². The van der Waals surface area contributed by atoms with Gasteiger partial charge in [-0.2, -0.15) is 0 Å². The Hall–Kier alpha value is -2.71. The van der Waals surface area contributed by atoms with Gasteiger partial charge in [0.15, 0.2) is 5.69 Å². The zero-order valence-corrected chi connectivity index (χ0v) is 15.1. The van der Waals surface area contributed by atoms with Crippen LogP contribution in [0, 0.1) is 6.92 Å². The number of aromatic amines is 1. The number of fused-ring (bicyclic) bond motifs is 1. The van der Waals surface area contributed by atoms with Crippen molar-refractivity contribution >= 4 is 16.8 Å². The van der Waals surface area contributed by atoms with Crippen LogP contribution in [-0.2, 0) is 16.8 Å². The third-order valence-corrected chi connectivity index (χ3v) is 5.16. The molecule has 0 aliphatic carbocycles. The predicted molar refractivity (Wildman–Crippen MR) is 97.3 cm³/mol. The summed E-state index contributed by atoms with van der Waals surface area (Å²) in [5, 5.41) is 22.3. The molecule has 0 bridgehead atoms. The standard InChI is InChI=1S/C19H22N4O4/c1-12-17(23-27-22-12)18(24)20-8-5-13-11-21-15-4-2-3-14(16(13)15)19(25)6-9-26-10-7-19/h2-4,11,21,25H,5-10H2,1H3,(H,20,24). The van der Waals surface area contributed by atoms with Gasteiger partial charge in [0.1, 0.15) is 5.69 Å². The summed E-state index contributed by atoms with van der Waals surface area (Å²) in [6, 6.07) is 5.93. The number of H-pyrrole nitrogens is 1. The first kappa shape index (κ1) is 17.7. The number of ether oxygens (including phenoxy) is 1. The quantitative estimate of drug-likeness (QED) is 0.631. The molecule has 3 N–H and O–H groups in total. The lowest BCUT2D eigenvalue weighted by atomic mass is 9.83. The van der Waals surface area contributed by atoms with E-state index in [0.717, 1.165) is 22.0 Å². The molecule has 0 unspecified atom stereocenters. The van der Waals surface area contributed by atoms with E-state index in [1.54, 1.807) is 6.92 Å². The highest BCUT2D eigenvalue weighted by molar-refractivity contribution is 5.93. The molecule has 0 radical (unpaired) electrons. The summed E-state index contributed by atoms with van der Waals surface area (Å²) < 4.78 is 9.98. The van der Waals surface area contributed by atoms with E-state index in [9.17, 15) is 9.90 Å². The van der Waals surface area contributed by atoms with E-state index in [0.29, 0.717) is 44.7 Å². The number of hydrogen-bond donors (Lipinski definition) is 3. The zero-order chi connectivity index (χ0) is 18.9. The second kappa shape index (κ2) is 7.13. The van der Waals surface area contributed by atoms with Crippen LogP contribution in [-0.4, -0.2) is 46.1 Å². The molecule has 3 heterocycles.